The van der Waals surface area contributed by atoms with E-state index in [0.29, 0.717) is 6.42 Å². The summed E-state index contributed by atoms with van der Waals surface area (Å²) in [7, 11) is -3.34. The van der Waals surface area contributed by atoms with E-state index in [1.165, 1.54) is 122 Å². The number of sulfonamides is 1. The number of aliphatic carboxylic acids is 1. The Morgan fingerprint density at radius 3 is 1.18 bits per heavy atom. The van der Waals surface area contributed by atoms with Crippen molar-refractivity contribution in [1.82, 2.24) is 4.72 Å². The minimum atomic E-state index is -3.34. The number of carbonyl (C=O) groups is 1. The molecule has 0 radical (unpaired) electrons. The van der Waals surface area contributed by atoms with Crippen molar-refractivity contribution in [2.24, 2.45) is 0 Å². The summed E-state index contributed by atoms with van der Waals surface area (Å²) in [5, 5.41) is 10.3. The Hall–Kier alpha value is 1.02. The smallest absolute Gasteiger partial charge is 0.550 e. The van der Waals surface area contributed by atoms with E-state index in [4.69, 9.17) is 0 Å². The summed E-state index contributed by atoms with van der Waals surface area (Å²) in [6, 6.07) is 0. The largest absolute Gasteiger partial charge is 1.00 e. The number of carboxylic acids is 1. The van der Waals surface area contributed by atoms with Crippen LogP contribution in [-0.2, 0) is 14.8 Å². The zero-order chi connectivity index (χ0) is 24.5. The van der Waals surface area contributed by atoms with Gasteiger partial charge in [0.1, 0.15) is 0 Å². The molecule has 0 aliphatic rings. The summed E-state index contributed by atoms with van der Waals surface area (Å²) in [6.07, 6.45) is 28.6. The van der Waals surface area contributed by atoms with Gasteiger partial charge in [0, 0.05) is 18.9 Å². The van der Waals surface area contributed by atoms with Gasteiger partial charge < -0.3 is 9.90 Å². The van der Waals surface area contributed by atoms with Gasteiger partial charge in [0.2, 0.25) is 10.0 Å². The van der Waals surface area contributed by atoms with Crippen LogP contribution in [-0.4, -0.2) is 26.7 Å². The van der Waals surface area contributed by atoms with Gasteiger partial charge in [0.15, 0.2) is 0 Å². The number of carboxylic acid groups (broad SMARTS) is 1. The van der Waals surface area contributed by atoms with Gasteiger partial charge in [-0.2, -0.15) is 0 Å². The number of rotatable bonds is 27. The van der Waals surface area contributed by atoms with Crippen LogP contribution >= 0.6 is 0 Å². The molecular weight excluding hydrogens is 473 g/mol. The van der Waals surface area contributed by atoms with Gasteiger partial charge >= 0.3 is 51.4 Å². The average Bonchev–Trinajstić information content (AvgIpc) is 2.76. The molecule has 0 aliphatic carbocycles. The first-order valence-electron chi connectivity index (χ1n) is 14.1. The van der Waals surface area contributed by atoms with E-state index in [0.717, 1.165) is 12.8 Å². The Morgan fingerprint density at radius 1 is 0.588 bits per heavy atom. The van der Waals surface area contributed by atoms with Crippen molar-refractivity contribution < 1.29 is 69.7 Å². The van der Waals surface area contributed by atoms with Crippen molar-refractivity contribution in [3.05, 3.63) is 0 Å². The topological polar surface area (TPSA) is 86.3 Å². The van der Waals surface area contributed by atoms with E-state index in [9.17, 15) is 18.3 Å². The minimum Gasteiger partial charge on any atom is -0.550 e. The number of carbonyl (C=O) groups excluding carboxylic acids is 1. The van der Waals surface area contributed by atoms with Crippen LogP contribution in [0.1, 0.15) is 155 Å². The molecule has 0 bridgehead atoms. The Morgan fingerprint density at radius 2 is 0.882 bits per heavy atom. The summed E-state index contributed by atoms with van der Waals surface area (Å²) in [5.41, 5.74) is 0. The summed E-state index contributed by atoms with van der Waals surface area (Å²) in [5.74, 6) is -1.15. The van der Waals surface area contributed by atoms with Crippen LogP contribution in [0.4, 0.5) is 0 Å². The van der Waals surface area contributed by atoms with E-state index >= 15 is 0 Å². The van der Waals surface area contributed by atoms with Gasteiger partial charge in [0.05, 0.1) is 5.75 Å². The van der Waals surface area contributed by atoms with Crippen LogP contribution in [0, 0.1) is 0 Å². The first-order valence-corrected chi connectivity index (χ1v) is 15.8. The van der Waals surface area contributed by atoms with E-state index in [1.54, 1.807) is 0 Å². The second-order valence-electron chi connectivity index (χ2n) is 9.76. The Balaban J connectivity index is 0. The maximum atomic E-state index is 11.7. The zero-order valence-corrected chi connectivity index (χ0v) is 26.7. The summed E-state index contributed by atoms with van der Waals surface area (Å²) < 4.78 is 25.7. The molecule has 0 saturated carbocycles. The van der Waals surface area contributed by atoms with Crippen molar-refractivity contribution in [3.63, 3.8) is 0 Å². The molecule has 198 valence electrons. The molecule has 0 saturated heterocycles. The van der Waals surface area contributed by atoms with Crippen LogP contribution in [0.2, 0.25) is 0 Å². The molecule has 0 atom stereocenters. The third-order valence-electron chi connectivity index (χ3n) is 6.42. The maximum Gasteiger partial charge on any atom is 1.00 e. The van der Waals surface area contributed by atoms with Crippen molar-refractivity contribution in [1.29, 1.82) is 0 Å². The number of unbranched alkanes of at least 4 members (excludes halogenated alkanes) is 21. The van der Waals surface area contributed by atoms with Gasteiger partial charge in [0.25, 0.3) is 0 Å². The molecule has 0 aliphatic heterocycles. The molecule has 0 aromatic carbocycles. The zero-order valence-electron chi connectivity index (χ0n) is 22.7. The standard InChI is InChI=1S/C27H55NO4S.K/c1-2-3-4-5-6-7-8-9-10-11-12-13-14-15-16-17-18-19-20-21-22-23-26-33(31,32)28-25-24-27(29)30;/h28H,2-26H2,1H3,(H,29,30);/q;+1/p-1. The Bertz CT molecular complexity index is 529. The molecule has 0 spiro atoms. The molecule has 34 heavy (non-hydrogen) atoms. The third-order valence-corrected chi connectivity index (χ3v) is 7.89. The predicted molar refractivity (Wildman–Crippen MR) is 139 cm³/mol. The molecule has 0 amide bonds. The summed E-state index contributed by atoms with van der Waals surface area (Å²) in [6.45, 7) is 2.20. The quantitative estimate of drug-likeness (QED) is 0.130. The molecule has 5 nitrogen and oxygen atoms in total. The molecule has 1 N–H and O–H groups in total. The molecule has 0 aromatic rings. The van der Waals surface area contributed by atoms with Crippen molar-refractivity contribution >= 4 is 16.0 Å². The van der Waals surface area contributed by atoms with Gasteiger partial charge in [-0.05, 0) is 6.42 Å². The van der Waals surface area contributed by atoms with E-state index in [-0.39, 0.29) is 70.1 Å². The molecule has 0 aromatic heterocycles. The first-order chi connectivity index (χ1) is 16.0. The number of hydrogen-bond acceptors (Lipinski definition) is 4. The van der Waals surface area contributed by atoms with Crippen molar-refractivity contribution in [2.75, 3.05) is 12.3 Å². The van der Waals surface area contributed by atoms with Crippen LogP contribution in [0.3, 0.4) is 0 Å². The Labute approximate surface area is 254 Å². The number of nitrogens with one attached hydrogen (secondary N) is 1. The fourth-order valence-electron chi connectivity index (χ4n) is 4.28. The molecule has 0 rings (SSSR count). The molecular formula is C27H54KNO4S. The van der Waals surface area contributed by atoms with Crippen molar-refractivity contribution in [2.45, 2.75) is 155 Å². The third kappa shape index (κ3) is 31.0. The SMILES string of the molecule is CCCCCCCCCCCCCCCCCCCCCCCCS(=O)(=O)NCCC(=O)[O-].[K+]. The van der Waals surface area contributed by atoms with Gasteiger partial charge in [-0.3, -0.25) is 0 Å². The normalized spacial score (nSPS) is 11.4. The first kappa shape index (κ1) is 37.2. The monoisotopic (exact) mass is 527 g/mol. The predicted octanol–water partition coefficient (Wildman–Crippen LogP) is 3.65. The minimum absolute atomic E-state index is 0. The van der Waals surface area contributed by atoms with Gasteiger partial charge in [-0.25, -0.2) is 13.1 Å². The van der Waals surface area contributed by atoms with Crippen LogP contribution < -0.4 is 61.2 Å². The van der Waals surface area contributed by atoms with Gasteiger partial charge in [-0.15, -0.1) is 0 Å². The van der Waals surface area contributed by atoms with Gasteiger partial charge in [-0.1, -0.05) is 142 Å². The fraction of sp³-hybridized carbons (Fsp3) is 0.963. The summed E-state index contributed by atoms with van der Waals surface area (Å²) >= 11 is 0. The molecule has 0 fully saturated rings. The second-order valence-corrected chi connectivity index (χ2v) is 11.7. The molecule has 0 heterocycles. The summed E-state index contributed by atoms with van der Waals surface area (Å²) in [4.78, 5) is 10.3. The van der Waals surface area contributed by atoms with Crippen LogP contribution in [0.25, 0.3) is 0 Å². The number of hydrogen-bond donors (Lipinski definition) is 1. The van der Waals surface area contributed by atoms with Crippen molar-refractivity contribution in [3.8, 4) is 0 Å². The molecule has 7 heteroatoms. The van der Waals surface area contributed by atoms with E-state index < -0.39 is 16.0 Å². The van der Waals surface area contributed by atoms with E-state index in [1.807, 2.05) is 0 Å². The van der Waals surface area contributed by atoms with Crippen LogP contribution in [0.15, 0.2) is 0 Å². The Kier molecular flexibility index (Phi) is 31.3. The second kappa shape index (κ2) is 28.6. The van der Waals surface area contributed by atoms with Crippen LogP contribution in [0.5, 0.6) is 0 Å². The molecule has 0 unspecified atom stereocenters. The fourth-order valence-corrected chi connectivity index (χ4v) is 5.42. The van der Waals surface area contributed by atoms with E-state index in [2.05, 4.69) is 11.6 Å². The average molecular weight is 528 g/mol. The maximum absolute atomic E-state index is 11.7.